The van der Waals surface area contributed by atoms with E-state index in [1.165, 1.54) is 13.2 Å². The molecule has 0 aliphatic rings. The Bertz CT molecular complexity index is 291. The molecule has 0 amide bonds. The third-order valence-corrected chi connectivity index (χ3v) is 1.86. The number of ether oxygens (including phenoxy) is 1. The van der Waals surface area contributed by atoms with Crippen LogP contribution in [-0.2, 0) is 0 Å². The van der Waals surface area contributed by atoms with Crippen molar-refractivity contribution in [1.82, 2.24) is 0 Å². The lowest BCUT2D eigenvalue weighted by Gasteiger charge is -2.10. The van der Waals surface area contributed by atoms with Gasteiger partial charge in [-0.25, -0.2) is 4.39 Å². The van der Waals surface area contributed by atoms with Gasteiger partial charge in [-0.15, -0.1) is 0 Å². The van der Waals surface area contributed by atoms with Crippen molar-refractivity contribution in [3.05, 3.63) is 29.6 Å². The van der Waals surface area contributed by atoms with E-state index in [9.17, 15) is 4.39 Å². The van der Waals surface area contributed by atoms with Crippen molar-refractivity contribution < 1.29 is 9.13 Å². The smallest absolute Gasteiger partial charge is 0.165 e. The zero-order valence-corrected chi connectivity index (χ0v) is 7.46. The average Bonchev–Trinajstić information content (AvgIpc) is 2.16. The number of hydrogen-bond donors (Lipinski definition) is 2. The van der Waals surface area contributed by atoms with Crippen LogP contribution in [0.4, 0.5) is 4.39 Å². The largest absolute Gasteiger partial charge is 0.494 e. The zero-order chi connectivity index (χ0) is 9.84. The lowest BCUT2D eigenvalue weighted by molar-refractivity contribution is 0.386. The molecule has 0 spiro atoms. The molecule has 0 aliphatic carbocycles. The molecule has 0 fully saturated rings. The van der Waals surface area contributed by atoms with Crippen LogP contribution < -0.4 is 16.2 Å². The summed E-state index contributed by atoms with van der Waals surface area (Å²) in [6.07, 6.45) is 0. The summed E-state index contributed by atoms with van der Waals surface area (Å²) in [7, 11) is 1.42. The fraction of sp³-hybridized carbons (Fsp3) is 0.333. The van der Waals surface area contributed by atoms with Gasteiger partial charge in [-0.05, 0) is 17.7 Å². The molecule has 13 heavy (non-hydrogen) atoms. The molecular weight excluding hydrogens is 171 g/mol. The summed E-state index contributed by atoms with van der Waals surface area (Å²) in [5.74, 6) is -0.197. The highest BCUT2D eigenvalue weighted by Gasteiger charge is 2.07. The van der Waals surface area contributed by atoms with Crippen LogP contribution in [-0.4, -0.2) is 13.7 Å². The second kappa shape index (κ2) is 4.20. The Morgan fingerprint density at radius 3 is 2.69 bits per heavy atom. The van der Waals surface area contributed by atoms with E-state index in [1.54, 1.807) is 12.1 Å². The lowest BCUT2D eigenvalue weighted by Crippen LogP contribution is -2.20. The summed E-state index contributed by atoms with van der Waals surface area (Å²) >= 11 is 0. The number of nitrogens with two attached hydrogens (primary N) is 2. The molecule has 0 saturated carbocycles. The van der Waals surface area contributed by atoms with Crippen molar-refractivity contribution in [2.24, 2.45) is 11.5 Å². The quantitative estimate of drug-likeness (QED) is 0.730. The molecule has 4 N–H and O–H groups in total. The maximum atomic E-state index is 13.1. The molecule has 1 aromatic carbocycles. The van der Waals surface area contributed by atoms with Crippen molar-refractivity contribution in [3.8, 4) is 5.75 Å². The van der Waals surface area contributed by atoms with Crippen LogP contribution in [0.2, 0.25) is 0 Å². The minimum atomic E-state index is -0.413. The van der Waals surface area contributed by atoms with Gasteiger partial charge in [-0.2, -0.15) is 0 Å². The van der Waals surface area contributed by atoms with Gasteiger partial charge in [0.1, 0.15) is 0 Å². The maximum Gasteiger partial charge on any atom is 0.165 e. The van der Waals surface area contributed by atoms with Gasteiger partial charge in [-0.1, -0.05) is 6.07 Å². The first kappa shape index (κ1) is 9.95. The van der Waals surface area contributed by atoms with Crippen molar-refractivity contribution in [1.29, 1.82) is 0 Å². The first-order valence-corrected chi connectivity index (χ1v) is 3.98. The fourth-order valence-corrected chi connectivity index (χ4v) is 1.05. The van der Waals surface area contributed by atoms with Gasteiger partial charge in [0.05, 0.1) is 7.11 Å². The van der Waals surface area contributed by atoms with E-state index >= 15 is 0 Å². The standard InChI is InChI=1S/C9H13FN2O/c1-13-9-3-2-6(4-7(9)10)8(12)5-11/h2-4,8H,5,11-12H2,1H3/t8-/m0/s1. The second-order valence-corrected chi connectivity index (χ2v) is 2.74. The van der Waals surface area contributed by atoms with Crippen LogP contribution in [0.25, 0.3) is 0 Å². The molecule has 0 unspecified atom stereocenters. The normalized spacial score (nSPS) is 12.6. The summed E-state index contributed by atoms with van der Waals surface area (Å²) in [4.78, 5) is 0. The Kier molecular flexibility index (Phi) is 3.22. The number of hydrogen-bond acceptors (Lipinski definition) is 3. The fourth-order valence-electron chi connectivity index (χ4n) is 1.05. The summed E-state index contributed by atoms with van der Waals surface area (Å²) in [6, 6.07) is 4.27. The molecule has 72 valence electrons. The van der Waals surface area contributed by atoms with Gasteiger partial charge >= 0.3 is 0 Å². The summed E-state index contributed by atoms with van der Waals surface area (Å²) in [5, 5.41) is 0. The predicted octanol–water partition coefficient (Wildman–Crippen LogP) is 0.793. The van der Waals surface area contributed by atoms with Crippen LogP contribution >= 0.6 is 0 Å². The number of halogens is 1. The summed E-state index contributed by atoms with van der Waals surface area (Å²) < 4.78 is 17.9. The average molecular weight is 184 g/mol. The minimum absolute atomic E-state index is 0.216. The first-order chi connectivity index (χ1) is 6.19. The molecule has 0 saturated heterocycles. The molecule has 0 bridgehead atoms. The number of benzene rings is 1. The Labute approximate surface area is 76.5 Å². The van der Waals surface area contributed by atoms with Gasteiger partial charge in [0.2, 0.25) is 0 Å². The maximum absolute atomic E-state index is 13.1. The van der Waals surface area contributed by atoms with Crippen LogP contribution in [0.5, 0.6) is 5.75 Å². The van der Waals surface area contributed by atoms with E-state index in [0.29, 0.717) is 12.1 Å². The lowest BCUT2D eigenvalue weighted by atomic mass is 10.1. The van der Waals surface area contributed by atoms with Crippen LogP contribution in [0.1, 0.15) is 11.6 Å². The van der Waals surface area contributed by atoms with E-state index in [0.717, 1.165) is 0 Å². The molecule has 3 nitrogen and oxygen atoms in total. The molecule has 1 atom stereocenters. The molecule has 0 radical (unpaired) electrons. The molecule has 1 rings (SSSR count). The molecule has 1 aromatic rings. The Morgan fingerprint density at radius 1 is 1.54 bits per heavy atom. The van der Waals surface area contributed by atoms with Gasteiger partial charge in [0.15, 0.2) is 11.6 Å². The van der Waals surface area contributed by atoms with Crippen molar-refractivity contribution in [2.45, 2.75) is 6.04 Å². The second-order valence-electron chi connectivity index (χ2n) is 2.74. The van der Waals surface area contributed by atoms with Crippen molar-refractivity contribution in [2.75, 3.05) is 13.7 Å². The Hall–Kier alpha value is -1.13. The molecule has 4 heteroatoms. The minimum Gasteiger partial charge on any atom is -0.494 e. The number of methoxy groups -OCH3 is 1. The molecule has 0 heterocycles. The van der Waals surface area contributed by atoms with Crippen LogP contribution in [0.15, 0.2) is 18.2 Å². The Morgan fingerprint density at radius 2 is 2.23 bits per heavy atom. The van der Waals surface area contributed by atoms with E-state index in [1.807, 2.05) is 0 Å². The third-order valence-electron chi connectivity index (χ3n) is 1.86. The van der Waals surface area contributed by atoms with E-state index in [4.69, 9.17) is 16.2 Å². The van der Waals surface area contributed by atoms with Crippen LogP contribution in [0.3, 0.4) is 0 Å². The molecular formula is C9H13FN2O. The van der Waals surface area contributed by atoms with Gasteiger partial charge in [0, 0.05) is 12.6 Å². The van der Waals surface area contributed by atoms with Gasteiger partial charge in [0.25, 0.3) is 0 Å². The van der Waals surface area contributed by atoms with Crippen molar-refractivity contribution in [3.63, 3.8) is 0 Å². The van der Waals surface area contributed by atoms with Gasteiger partial charge in [-0.3, -0.25) is 0 Å². The highest BCUT2D eigenvalue weighted by atomic mass is 19.1. The zero-order valence-electron chi connectivity index (χ0n) is 7.46. The highest BCUT2D eigenvalue weighted by molar-refractivity contribution is 5.30. The number of rotatable bonds is 3. The van der Waals surface area contributed by atoms with Crippen molar-refractivity contribution >= 4 is 0 Å². The first-order valence-electron chi connectivity index (χ1n) is 3.98. The topological polar surface area (TPSA) is 61.3 Å². The highest BCUT2D eigenvalue weighted by Crippen LogP contribution is 2.20. The van der Waals surface area contributed by atoms with E-state index in [-0.39, 0.29) is 11.8 Å². The third kappa shape index (κ3) is 2.17. The van der Waals surface area contributed by atoms with Gasteiger partial charge < -0.3 is 16.2 Å². The summed E-state index contributed by atoms with van der Waals surface area (Å²) in [5.41, 5.74) is 11.6. The summed E-state index contributed by atoms with van der Waals surface area (Å²) in [6.45, 7) is 0.297. The SMILES string of the molecule is COc1ccc([C@@H](N)CN)cc1F. The Balaban J connectivity index is 2.95. The van der Waals surface area contributed by atoms with E-state index < -0.39 is 5.82 Å². The molecule has 0 aromatic heterocycles. The monoisotopic (exact) mass is 184 g/mol. The molecule has 0 aliphatic heterocycles. The van der Waals surface area contributed by atoms with Crippen LogP contribution in [0, 0.1) is 5.82 Å². The van der Waals surface area contributed by atoms with E-state index in [2.05, 4.69) is 0 Å². The predicted molar refractivity (Wildman–Crippen MR) is 48.9 cm³/mol.